The van der Waals surface area contributed by atoms with Gasteiger partial charge < -0.3 is 10.4 Å². The van der Waals surface area contributed by atoms with E-state index in [1.54, 1.807) is 12.2 Å². The molecular weight excluding hydrogens is 289 g/mol. The fraction of sp³-hybridized carbons (Fsp3) is 0.385. The van der Waals surface area contributed by atoms with Crippen molar-refractivity contribution in [1.29, 1.82) is 0 Å². The van der Waals surface area contributed by atoms with Crippen LogP contribution in [0.4, 0.5) is 23.7 Å². The molecule has 1 aromatic rings. The van der Waals surface area contributed by atoms with Crippen LogP contribution in [0.15, 0.2) is 24.3 Å². The summed E-state index contributed by atoms with van der Waals surface area (Å²) in [6, 6.07) is 4.03. The molecule has 0 heterocycles. The molecule has 0 spiro atoms. The third kappa shape index (κ3) is 5.72. The van der Waals surface area contributed by atoms with Gasteiger partial charge in [0, 0.05) is 18.2 Å². The van der Waals surface area contributed by atoms with Gasteiger partial charge in [0.25, 0.3) is 0 Å². The number of nitrogens with one attached hydrogen (secondary N) is 2. The summed E-state index contributed by atoms with van der Waals surface area (Å²) >= 11 is 0. The van der Waals surface area contributed by atoms with Gasteiger partial charge in [0.2, 0.25) is 5.91 Å². The molecule has 21 heavy (non-hydrogen) atoms. The molecule has 1 rings (SSSR count). The second kappa shape index (κ2) is 6.96. The van der Waals surface area contributed by atoms with Gasteiger partial charge in [-0.2, -0.15) is 13.2 Å². The molecular formula is C13H15F3N2O3. The molecule has 1 atom stereocenters. The Balaban J connectivity index is 2.65. The lowest BCUT2D eigenvalue weighted by atomic mass is 10.1. The predicted molar refractivity (Wildman–Crippen MR) is 69.9 cm³/mol. The Bertz CT molecular complexity index is 500. The van der Waals surface area contributed by atoms with E-state index in [4.69, 9.17) is 5.11 Å². The van der Waals surface area contributed by atoms with Gasteiger partial charge in [-0.3, -0.25) is 10.1 Å². The van der Waals surface area contributed by atoms with Crippen LogP contribution in [0.25, 0.3) is 0 Å². The van der Waals surface area contributed by atoms with Crippen LogP contribution in [0, 0.1) is 0 Å². The average Bonchev–Trinajstić information content (AvgIpc) is 2.36. The van der Waals surface area contributed by atoms with E-state index in [1.165, 1.54) is 12.1 Å². The lowest BCUT2D eigenvalue weighted by Gasteiger charge is -2.18. The Hall–Kier alpha value is -2.25. The molecule has 1 unspecified atom stereocenters. The first-order valence-corrected chi connectivity index (χ1v) is 6.19. The number of imide groups is 1. The van der Waals surface area contributed by atoms with Crippen molar-refractivity contribution < 1.29 is 27.9 Å². The van der Waals surface area contributed by atoms with Crippen molar-refractivity contribution in [3.8, 4) is 0 Å². The molecule has 3 N–H and O–H groups in total. The van der Waals surface area contributed by atoms with Crippen LogP contribution < -0.4 is 10.6 Å². The minimum absolute atomic E-state index is 0.0934. The number of halogens is 3. The van der Waals surface area contributed by atoms with Crippen molar-refractivity contribution in [3.63, 3.8) is 0 Å². The van der Waals surface area contributed by atoms with Crippen LogP contribution in [0.2, 0.25) is 0 Å². The topological polar surface area (TPSA) is 78.4 Å². The number of hydrogen-bond donors (Lipinski definition) is 3. The van der Waals surface area contributed by atoms with E-state index in [9.17, 15) is 22.8 Å². The molecule has 0 saturated carbocycles. The zero-order chi connectivity index (χ0) is 16.0. The molecule has 0 aliphatic carbocycles. The number of anilines is 1. The fourth-order valence-electron chi connectivity index (χ4n) is 1.68. The van der Waals surface area contributed by atoms with E-state index < -0.39 is 23.7 Å². The third-order valence-corrected chi connectivity index (χ3v) is 2.75. The summed E-state index contributed by atoms with van der Waals surface area (Å²) in [7, 11) is 0. The highest BCUT2D eigenvalue weighted by Crippen LogP contribution is 2.30. The van der Waals surface area contributed by atoms with Gasteiger partial charge in [-0.25, -0.2) is 4.79 Å². The number of alkyl halides is 3. The highest BCUT2D eigenvalue weighted by Gasteiger charge is 2.30. The first-order valence-electron chi connectivity index (χ1n) is 6.19. The van der Waals surface area contributed by atoms with Crippen molar-refractivity contribution >= 4 is 17.7 Å². The Kier molecular flexibility index (Phi) is 5.57. The third-order valence-electron chi connectivity index (χ3n) is 2.75. The largest absolute Gasteiger partial charge is 0.465 e. The summed E-state index contributed by atoms with van der Waals surface area (Å²) in [6.07, 6.45) is -5.42. The van der Waals surface area contributed by atoms with Crippen LogP contribution >= 0.6 is 0 Å². The summed E-state index contributed by atoms with van der Waals surface area (Å²) in [4.78, 5) is 21.6. The van der Waals surface area contributed by atoms with Crippen LogP contribution in [-0.2, 0) is 11.0 Å². The molecule has 0 bridgehead atoms. The zero-order valence-corrected chi connectivity index (χ0v) is 11.2. The van der Waals surface area contributed by atoms with Gasteiger partial charge >= 0.3 is 12.3 Å². The highest BCUT2D eigenvalue weighted by atomic mass is 19.4. The summed E-state index contributed by atoms with van der Waals surface area (Å²) in [5.41, 5.74) is -0.331. The molecule has 0 aliphatic heterocycles. The van der Waals surface area contributed by atoms with Gasteiger partial charge in [-0.05, 0) is 30.7 Å². The number of carboxylic acid groups (broad SMARTS) is 1. The zero-order valence-electron chi connectivity index (χ0n) is 11.2. The van der Waals surface area contributed by atoms with E-state index in [0.717, 1.165) is 12.1 Å². The number of rotatable bonds is 5. The van der Waals surface area contributed by atoms with Gasteiger partial charge in [-0.1, -0.05) is 6.92 Å². The lowest BCUT2D eigenvalue weighted by molar-refractivity contribution is -0.137. The molecule has 8 heteroatoms. The van der Waals surface area contributed by atoms with Gasteiger partial charge in [0.15, 0.2) is 0 Å². The van der Waals surface area contributed by atoms with E-state index in [-0.39, 0.29) is 12.5 Å². The first kappa shape index (κ1) is 16.8. The quantitative estimate of drug-likeness (QED) is 0.781. The fourth-order valence-corrected chi connectivity index (χ4v) is 1.68. The highest BCUT2D eigenvalue weighted by molar-refractivity contribution is 5.91. The summed E-state index contributed by atoms with van der Waals surface area (Å²) in [5.74, 6) is -0.672. The van der Waals surface area contributed by atoms with E-state index in [0.29, 0.717) is 12.1 Å². The molecule has 0 fully saturated rings. The van der Waals surface area contributed by atoms with Crippen molar-refractivity contribution in [1.82, 2.24) is 5.32 Å². The number of carbonyl (C=O) groups excluding carboxylic acids is 1. The normalized spacial score (nSPS) is 12.6. The van der Waals surface area contributed by atoms with Crippen LogP contribution in [0.1, 0.15) is 25.3 Å². The maximum atomic E-state index is 12.4. The monoisotopic (exact) mass is 304 g/mol. The minimum atomic E-state index is -4.40. The Morgan fingerprint density at radius 1 is 1.24 bits per heavy atom. The van der Waals surface area contributed by atoms with Gasteiger partial charge in [-0.15, -0.1) is 0 Å². The summed E-state index contributed by atoms with van der Waals surface area (Å²) in [5, 5.41) is 13.0. The smallest absolute Gasteiger partial charge is 0.416 e. The second-order valence-corrected chi connectivity index (χ2v) is 4.38. The number of amides is 2. The minimum Gasteiger partial charge on any atom is -0.465 e. The predicted octanol–water partition coefficient (Wildman–Crippen LogP) is 3.08. The molecule has 0 radical (unpaired) electrons. The molecule has 0 aromatic heterocycles. The average molecular weight is 304 g/mol. The first-order chi connectivity index (χ1) is 9.72. The van der Waals surface area contributed by atoms with E-state index in [2.05, 4.69) is 5.32 Å². The van der Waals surface area contributed by atoms with Crippen LogP contribution in [0.3, 0.4) is 0 Å². The number of hydrogen-bond acceptors (Lipinski definition) is 3. The SMILES string of the molecule is CCC(CC(=O)NC(=O)O)Nc1ccc(C(F)(F)F)cc1. The standard InChI is InChI=1S/C13H15F3N2O3/c1-2-9(7-11(19)18-12(20)21)17-10-5-3-8(4-6-10)13(14,15)16/h3-6,9,17H,2,7H2,1H3,(H,18,19)(H,20,21). The van der Waals surface area contributed by atoms with Crippen molar-refractivity contribution in [2.24, 2.45) is 0 Å². The Morgan fingerprint density at radius 3 is 2.24 bits per heavy atom. The molecule has 1 aromatic carbocycles. The van der Waals surface area contributed by atoms with Crippen molar-refractivity contribution in [2.75, 3.05) is 5.32 Å². The lowest BCUT2D eigenvalue weighted by Crippen LogP contribution is -2.33. The Morgan fingerprint density at radius 2 is 1.81 bits per heavy atom. The molecule has 0 saturated heterocycles. The van der Waals surface area contributed by atoms with E-state index >= 15 is 0 Å². The van der Waals surface area contributed by atoms with E-state index in [1.807, 2.05) is 0 Å². The maximum absolute atomic E-state index is 12.4. The molecule has 116 valence electrons. The van der Waals surface area contributed by atoms with Crippen LogP contribution in [0.5, 0.6) is 0 Å². The van der Waals surface area contributed by atoms with Crippen LogP contribution in [-0.4, -0.2) is 23.1 Å². The molecule has 5 nitrogen and oxygen atoms in total. The number of carbonyl (C=O) groups is 2. The van der Waals surface area contributed by atoms with Crippen molar-refractivity contribution in [2.45, 2.75) is 32.0 Å². The summed E-state index contributed by atoms with van der Waals surface area (Å²) in [6.45, 7) is 1.77. The maximum Gasteiger partial charge on any atom is 0.416 e. The van der Waals surface area contributed by atoms with Gasteiger partial charge in [0.1, 0.15) is 0 Å². The Labute approximate surface area is 119 Å². The van der Waals surface area contributed by atoms with Crippen molar-refractivity contribution in [3.05, 3.63) is 29.8 Å². The van der Waals surface area contributed by atoms with Gasteiger partial charge in [0.05, 0.1) is 5.56 Å². The molecule has 0 aliphatic rings. The molecule has 2 amide bonds. The summed E-state index contributed by atoms with van der Waals surface area (Å²) < 4.78 is 37.2. The second-order valence-electron chi connectivity index (χ2n) is 4.38. The number of benzene rings is 1.